The van der Waals surface area contributed by atoms with Crippen LogP contribution in [0.4, 0.5) is 0 Å². The van der Waals surface area contributed by atoms with Gasteiger partial charge in [-0.15, -0.1) is 0 Å². The van der Waals surface area contributed by atoms with E-state index in [0.29, 0.717) is 0 Å². The number of hydrogen-bond donors (Lipinski definition) is 1. The summed E-state index contributed by atoms with van der Waals surface area (Å²) in [5.74, 6) is 0.771. The first kappa shape index (κ1) is 10.4. The number of thioether (sulfide) groups is 1. The number of imidazole rings is 1. The minimum absolute atomic E-state index is 0.771. The van der Waals surface area contributed by atoms with Crippen molar-refractivity contribution in [2.24, 2.45) is 0 Å². The van der Waals surface area contributed by atoms with E-state index in [0.717, 1.165) is 27.8 Å². The highest BCUT2D eigenvalue weighted by atomic mass is 32.2. The normalized spacial score (nSPS) is 11.1. The van der Waals surface area contributed by atoms with Crippen molar-refractivity contribution in [3.8, 4) is 0 Å². The molecule has 0 bridgehead atoms. The Morgan fingerprint density at radius 1 is 1.29 bits per heavy atom. The lowest BCUT2D eigenvalue weighted by atomic mass is 10.3. The van der Waals surface area contributed by atoms with Crippen molar-refractivity contribution in [3.05, 3.63) is 42.2 Å². The SMILES string of the molecule is Cc1ccn(CSc2nc3ccccc3[nH]2)n1. The summed E-state index contributed by atoms with van der Waals surface area (Å²) in [6.45, 7) is 1.99. The highest BCUT2D eigenvalue weighted by Crippen LogP contribution is 2.20. The van der Waals surface area contributed by atoms with Gasteiger partial charge in [-0.1, -0.05) is 23.9 Å². The van der Waals surface area contributed by atoms with Crippen LogP contribution in [0.1, 0.15) is 5.69 Å². The largest absolute Gasteiger partial charge is 0.333 e. The maximum absolute atomic E-state index is 4.50. The molecular formula is C12H12N4S. The van der Waals surface area contributed by atoms with Crippen molar-refractivity contribution in [2.45, 2.75) is 18.0 Å². The number of H-pyrrole nitrogens is 1. The lowest BCUT2D eigenvalue weighted by molar-refractivity contribution is 0.738. The van der Waals surface area contributed by atoms with Gasteiger partial charge in [0.2, 0.25) is 0 Å². The zero-order chi connectivity index (χ0) is 11.7. The molecule has 0 radical (unpaired) electrons. The second-order valence-corrected chi connectivity index (χ2v) is 4.76. The molecule has 0 saturated heterocycles. The predicted octanol–water partition coefficient (Wildman–Crippen LogP) is 2.82. The lowest BCUT2D eigenvalue weighted by Gasteiger charge is -1.97. The summed E-state index contributed by atoms with van der Waals surface area (Å²) in [6.07, 6.45) is 1.98. The fraction of sp³-hybridized carbons (Fsp3) is 0.167. The number of nitrogens with zero attached hydrogens (tertiary/aromatic N) is 3. The van der Waals surface area contributed by atoms with Crippen LogP contribution in [0, 0.1) is 6.92 Å². The van der Waals surface area contributed by atoms with Gasteiger partial charge in [0.25, 0.3) is 0 Å². The summed E-state index contributed by atoms with van der Waals surface area (Å²) < 4.78 is 1.91. The first-order chi connectivity index (χ1) is 8.31. The van der Waals surface area contributed by atoms with E-state index in [1.165, 1.54) is 0 Å². The van der Waals surface area contributed by atoms with Crippen molar-refractivity contribution < 1.29 is 0 Å². The molecule has 17 heavy (non-hydrogen) atoms. The summed E-state index contributed by atoms with van der Waals surface area (Å²) in [5, 5.41) is 5.26. The molecule has 3 aromatic rings. The Labute approximate surface area is 103 Å². The number of rotatable bonds is 3. The van der Waals surface area contributed by atoms with E-state index in [9.17, 15) is 0 Å². The van der Waals surface area contributed by atoms with Gasteiger partial charge in [-0.2, -0.15) is 5.10 Å². The molecule has 0 amide bonds. The van der Waals surface area contributed by atoms with E-state index in [2.05, 4.69) is 15.1 Å². The van der Waals surface area contributed by atoms with Crippen LogP contribution in [-0.4, -0.2) is 19.7 Å². The predicted molar refractivity (Wildman–Crippen MR) is 68.9 cm³/mol. The van der Waals surface area contributed by atoms with Crippen molar-refractivity contribution >= 4 is 22.8 Å². The van der Waals surface area contributed by atoms with Gasteiger partial charge in [0, 0.05) is 6.20 Å². The summed E-state index contributed by atoms with van der Waals surface area (Å²) >= 11 is 1.65. The summed E-state index contributed by atoms with van der Waals surface area (Å²) in [4.78, 5) is 7.78. The Morgan fingerprint density at radius 2 is 2.18 bits per heavy atom. The molecule has 0 aliphatic heterocycles. The Bertz CT molecular complexity index is 608. The minimum Gasteiger partial charge on any atom is -0.333 e. The van der Waals surface area contributed by atoms with Crippen LogP contribution in [0.15, 0.2) is 41.7 Å². The molecule has 2 aromatic heterocycles. The van der Waals surface area contributed by atoms with Gasteiger partial charge in [-0.05, 0) is 25.1 Å². The topological polar surface area (TPSA) is 46.5 Å². The van der Waals surface area contributed by atoms with Crippen LogP contribution >= 0.6 is 11.8 Å². The molecule has 0 aliphatic rings. The second kappa shape index (κ2) is 4.25. The molecule has 3 rings (SSSR count). The van der Waals surface area contributed by atoms with Crippen LogP contribution in [0.5, 0.6) is 0 Å². The molecular weight excluding hydrogens is 232 g/mol. The zero-order valence-electron chi connectivity index (χ0n) is 9.42. The molecule has 86 valence electrons. The highest BCUT2D eigenvalue weighted by molar-refractivity contribution is 7.98. The monoisotopic (exact) mass is 244 g/mol. The number of hydrogen-bond acceptors (Lipinski definition) is 3. The fourth-order valence-corrected chi connectivity index (χ4v) is 2.40. The Hall–Kier alpha value is -1.75. The molecule has 1 N–H and O–H groups in total. The summed E-state index contributed by atoms with van der Waals surface area (Å²) in [5.41, 5.74) is 3.12. The zero-order valence-corrected chi connectivity index (χ0v) is 10.2. The maximum Gasteiger partial charge on any atom is 0.168 e. The van der Waals surface area contributed by atoms with Gasteiger partial charge in [-0.25, -0.2) is 4.98 Å². The number of fused-ring (bicyclic) bond motifs is 1. The fourth-order valence-electron chi connectivity index (χ4n) is 1.66. The molecule has 5 heteroatoms. The van der Waals surface area contributed by atoms with E-state index in [-0.39, 0.29) is 0 Å². The highest BCUT2D eigenvalue weighted by Gasteiger charge is 2.03. The van der Waals surface area contributed by atoms with Crippen molar-refractivity contribution in [2.75, 3.05) is 0 Å². The van der Waals surface area contributed by atoms with Crippen LogP contribution in [0.3, 0.4) is 0 Å². The van der Waals surface area contributed by atoms with E-state index in [1.54, 1.807) is 11.8 Å². The van der Waals surface area contributed by atoms with Gasteiger partial charge < -0.3 is 4.98 Å². The van der Waals surface area contributed by atoms with Gasteiger partial charge in [0.05, 0.1) is 22.6 Å². The standard InChI is InChI=1S/C12H12N4S/c1-9-6-7-16(15-9)8-17-12-13-10-4-2-3-5-11(10)14-12/h2-7H,8H2,1H3,(H,13,14). The van der Waals surface area contributed by atoms with E-state index < -0.39 is 0 Å². The van der Waals surface area contributed by atoms with Crippen molar-refractivity contribution in [1.29, 1.82) is 0 Å². The number of para-hydroxylation sites is 2. The van der Waals surface area contributed by atoms with E-state index >= 15 is 0 Å². The molecule has 4 nitrogen and oxygen atoms in total. The van der Waals surface area contributed by atoms with Gasteiger partial charge in [0.15, 0.2) is 5.16 Å². The number of benzene rings is 1. The van der Waals surface area contributed by atoms with Crippen LogP contribution < -0.4 is 0 Å². The quantitative estimate of drug-likeness (QED) is 0.721. The molecule has 0 spiro atoms. The summed E-state index contributed by atoms with van der Waals surface area (Å²) in [6, 6.07) is 10.0. The van der Waals surface area contributed by atoms with Gasteiger partial charge in [0.1, 0.15) is 0 Å². The Kier molecular flexibility index (Phi) is 2.60. The smallest absolute Gasteiger partial charge is 0.168 e. The number of nitrogens with one attached hydrogen (secondary N) is 1. The van der Waals surface area contributed by atoms with Crippen molar-refractivity contribution in [1.82, 2.24) is 19.7 Å². The third-order valence-electron chi connectivity index (χ3n) is 2.48. The molecule has 0 aliphatic carbocycles. The van der Waals surface area contributed by atoms with Crippen LogP contribution in [0.2, 0.25) is 0 Å². The second-order valence-electron chi connectivity index (χ2n) is 3.83. The number of aromatic amines is 1. The van der Waals surface area contributed by atoms with Gasteiger partial charge in [-0.3, -0.25) is 4.68 Å². The average molecular weight is 244 g/mol. The molecule has 0 fully saturated rings. The lowest BCUT2D eigenvalue weighted by Crippen LogP contribution is -1.95. The number of aryl methyl sites for hydroxylation is 1. The first-order valence-corrected chi connectivity index (χ1v) is 6.37. The van der Waals surface area contributed by atoms with Crippen LogP contribution in [0.25, 0.3) is 11.0 Å². The molecule has 2 heterocycles. The molecule has 0 saturated carbocycles. The van der Waals surface area contributed by atoms with Crippen LogP contribution in [-0.2, 0) is 5.88 Å². The average Bonchev–Trinajstić information content (AvgIpc) is 2.91. The Balaban J connectivity index is 1.76. The summed E-state index contributed by atoms with van der Waals surface area (Å²) in [7, 11) is 0. The molecule has 0 atom stereocenters. The van der Waals surface area contributed by atoms with Crippen molar-refractivity contribution in [3.63, 3.8) is 0 Å². The number of aromatic nitrogens is 4. The molecule has 1 aromatic carbocycles. The maximum atomic E-state index is 4.50. The minimum atomic E-state index is 0.771. The van der Waals surface area contributed by atoms with Gasteiger partial charge >= 0.3 is 0 Å². The molecule has 0 unspecified atom stereocenters. The third kappa shape index (κ3) is 2.19. The Morgan fingerprint density at radius 3 is 2.94 bits per heavy atom. The third-order valence-corrected chi connectivity index (χ3v) is 3.34. The first-order valence-electron chi connectivity index (χ1n) is 5.39. The van der Waals surface area contributed by atoms with E-state index in [1.807, 2.05) is 48.1 Å². The van der Waals surface area contributed by atoms with E-state index in [4.69, 9.17) is 0 Å².